The molecule has 0 fully saturated rings. The van der Waals surface area contributed by atoms with Crippen LogP contribution in [0.1, 0.15) is 6.42 Å². The van der Waals surface area contributed by atoms with Crippen molar-refractivity contribution in [3.05, 3.63) is 24.3 Å². The van der Waals surface area contributed by atoms with Crippen molar-refractivity contribution in [1.29, 1.82) is 0 Å². The van der Waals surface area contributed by atoms with Crippen LogP contribution >= 0.6 is 0 Å². The first-order valence-corrected chi connectivity index (χ1v) is 7.20. The summed E-state index contributed by atoms with van der Waals surface area (Å²) in [5.41, 5.74) is 0.378. The van der Waals surface area contributed by atoms with Gasteiger partial charge in [-0.2, -0.15) is 0 Å². The van der Waals surface area contributed by atoms with E-state index < -0.39 is 22.1 Å². The van der Waals surface area contributed by atoms with Gasteiger partial charge in [-0.15, -0.1) is 0 Å². The van der Waals surface area contributed by atoms with Gasteiger partial charge in [0, 0.05) is 13.0 Å². The summed E-state index contributed by atoms with van der Waals surface area (Å²) < 4.78 is 29.9. The second-order valence-corrected chi connectivity index (χ2v) is 5.94. The molecule has 0 saturated heterocycles. The molecule has 0 radical (unpaired) electrons. The van der Waals surface area contributed by atoms with Crippen LogP contribution in [0.3, 0.4) is 0 Å². The number of nitrogens with zero attached hydrogens (tertiary/aromatic N) is 1. The van der Waals surface area contributed by atoms with E-state index in [1.54, 1.807) is 24.3 Å². The molecule has 0 aliphatic carbocycles. The topological polar surface area (TPSA) is 83.9 Å². The number of anilines is 1. The zero-order valence-electron chi connectivity index (χ0n) is 9.74. The first kappa shape index (κ1) is 12.7. The largest absolute Gasteiger partial charge is 0.479 e. The number of hydrogen-bond donors (Lipinski definition) is 1. The van der Waals surface area contributed by atoms with Crippen LogP contribution in [0.25, 0.3) is 0 Å². The molecule has 1 heterocycles. The minimum Gasteiger partial charge on any atom is -0.479 e. The molecule has 1 aliphatic heterocycles. The second kappa shape index (κ2) is 4.49. The molecule has 0 spiro atoms. The number of benzene rings is 1. The summed E-state index contributed by atoms with van der Waals surface area (Å²) in [6.07, 6.45) is 0.167. The van der Waals surface area contributed by atoms with E-state index in [1.165, 1.54) is 4.31 Å². The molecule has 2 rings (SSSR count). The summed E-state index contributed by atoms with van der Waals surface area (Å²) in [4.78, 5) is 11.0. The number of sulfonamides is 1. The van der Waals surface area contributed by atoms with Crippen LogP contribution < -0.4 is 9.04 Å². The Morgan fingerprint density at radius 2 is 2.11 bits per heavy atom. The quantitative estimate of drug-likeness (QED) is 0.855. The van der Waals surface area contributed by atoms with Gasteiger partial charge >= 0.3 is 5.97 Å². The van der Waals surface area contributed by atoms with Crippen molar-refractivity contribution < 1.29 is 23.1 Å². The molecule has 1 aliphatic rings. The third kappa shape index (κ3) is 2.40. The Hall–Kier alpha value is -1.76. The molecule has 98 valence electrons. The maximum Gasteiger partial charge on any atom is 0.344 e. The fourth-order valence-electron chi connectivity index (χ4n) is 1.85. The van der Waals surface area contributed by atoms with Crippen molar-refractivity contribution in [2.24, 2.45) is 0 Å². The Morgan fingerprint density at radius 1 is 1.44 bits per heavy atom. The van der Waals surface area contributed by atoms with Gasteiger partial charge in [-0.25, -0.2) is 13.2 Å². The maximum absolute atomic E-state index is 11.7. The molecule has 1 aromatic carbocycles. The van der Waals surface area contributed by atoms with E-state index in [2.05, 4.69) is 0 Å². The minimum absolute atomic E-state index is 0.0901. The van der Waals surface area contributed by atoms with E-state index >= 15 is 0 Å². The summed E-state index contributed by atoms with van der Waals surface area (Å²) in [6, 6.07) is 6.51. The van der Waals surface area contributed by atoms with Gasteiger partial charge in [0.15, 0.2) is 6.10 Å². The summed E-state index contributed by atoms with van der Waals surface area (Å²) in [5, 5.41) is 8.98. The van der Waals surface area contributed by atoms with E-state index in [-0.39, 0.29) is 18.7 Å². The highest BCUT2D eigenvalue weighted by Gasteiger charge is 2.30. The van der Waals surface area contributed by atoms with Gasteiger partial charge in [0.2, 0.25) is 10.0 Å². The van der Waals surface area contributed by atoms with Crippen molar-refractivity contribution in [2.75, 3.05) is 17.1 Å². The summed E-state index contributed by atoms with van der Waals surface area (Å²) >= 11 is 0. The molecular weight excluding hydrogens is 258 g/mol. The zero-order chi connectivity index (χ0) is 13.3. The molecule has 18 heavy (non-hydrogen) atoms. The van der Waals surface area contributed by atoms with Crippen molar-refractivity contribution in [2.45, 2.75) is 12.5 Å². The van der Waals surface area contributed by atoms with Gasteiger partial charge < -0.3 is 9.84 Å². The molecule has 7 heteroatoms. The minimum atomic E-state index is -3.45. The van der Waals surface area contributed by atoms with Crippen LogP contribution in [0.2, 0.25) is 0 Å². The van der Waals surface area contributed by atoms with Crippen LogP contribution in [0.4, 0.5) is 5.69 Å². The molecule has 0 amide bonds. The normalized spacial score (nSPS) is 19.6. The summed E-state index contributed by atoms with van der Waals surface area (Å²) in [5.74, 6) is -0.826. The lowest BCUT2D eigenvalue weighted by Gasteiger charge is -2.20. The molecule has 0 aromatic heterocycles. The third-order valence-corrected chi connectivity index (χ3v) is 3.85. The monoisotopic (exact) mass is 271 g/mol. The number of para-hydroxylation sites is 2. The fourth-order valence-corrected chi connectivity index (χ4v) is 2.79. The first-order chi connectivity index (χ1) is 8.39. The van der Waals surface area contributed by atoms with E-state index in [1.807, 2.05) is 0 Å². The van der Waals surface area contributed by atoms with E-state index in [0.717, 1.165) is 6.26 Å². The predicted molar refractivity (Wildman–Crippen MR) is 65.3 cm³/mol. The number of hydrogen-bond acceptors (Lipinski definition) is 4. The number of ether oxygens (including phenoxy) is 1. The van der Waals surface area contributed by atoms with Gasteiger partial charge in [0.05, 0.1) is 11.9 Å². The highest BCUT2D eigenvalue weighted by atomic mass is 32.2. The zero-order valence-corrected chi connectivity index (χ0v) is 10.6. The molecule has 1 aromatic rings. The van der Waals surface area contributed by atoms with Crippen molar-refractivity contribution in [3.8, 4) is 5.75 Å². The van der Waals surface area contributed by atoms with Gasteiger partial charge in [-0.1, -0.05) is 12.1 Å². The Kier molecular flexibility index (Phi) is 3.16. The van der Waals surface area contributed by atoms with Crippen molar-refractivity contribution >= 4 is 21.7 Å². The maximum atomic E-state index is 11.7. The SMILES string of the molecule is CS(=O)(=O)N1CCC(C(=O)O)Oc2ccccc21. The highest BCUT2D eigenvalue weighted by Crippen LogP contribution is 2.33. The molecule has 0 saturated carbocycles. The summed E-state index contributed by atoms with van der Waals surface area (Å²) in [7, 11) is -3.45. The second-order valence-electron chi connectivity index (χ2n) is 4.04. The molecule has 1 unspecified atom stereocenters. The number of carbonyl (C=O) groups is 1. The van der Waals surface area contributed by atoms with Crippen LogP contribution in [-0.2, 0) is 14.8 Å². The van der Waals surface area contributed by atoms with Crippen LogP contribution in [-0.4, -0.2) is 38.4 Å². The van der Waals surface area contributed by atoms with Crippen molar-refractivity contribution in [3.63, 3.8) is 0 Å². The average molecular weight is 271 g/mol. The number of fused-ring (bicyclic) bond motifs is 1. The predicted octanol–water partition coefficient (Wildman–Crippen LogP) is 0.688. The van der Waals surface area contributed by atoms with Gasteiger partial charge in [0.25, 0.3) is 0 Å². The lowest BCUT2D eigenvalue weighted by Crippen LogP contribution is -2.33. The standard InChI is InChI=1S/C11H13NO5S/c1-18(15,16)12-7-6-10(11(13)14)17-9-5-3-2-4-8(9)12/h2-5,10H,6-7H2,1H3,(H,13,14). The van der Waals surface area contributed by atoms with Gasteiger partial charge in [0.1, 0.15) is 5.75 Å². The highest BCUT2D eigenvalue weighted by molar-refractivity contribution is 7.92. The van der Waals surface area contributed by atoms with E-state index in [9.17, 15) is 13.2 Å². The molecule has 1 N–H and O–H groups in total. The first-order valence-electron chi connectivity index (χ1n) is 5.36. The van der Waals surface area contributed by atoms with Gasteiger partial charge in [-0.05, 0) is 12.1 Å². The molecule has 0 bridgehead atoms. The number of aliphatic carboxylic acids is 1. The number of rotatable bonds is 2. The lowest BCUT2D eigenvalue weighted by atomic mass is 10.2. The molecule has 6 nitrogen and oxygen atoms in total. The summed E-state index contributed by atoms with van der Waals surface area (Å²) in [6.45, 7) is 0.0901. The Labute approximate surface area is 105 Å². The van der Waals surface area contributed by atoms with Crippen LogP contribution in [0, 0.1) is 0 Å². The van der Waals surface area contributed by atoms with Crippen molar-refractivity contribution in [1.82, 2.24) is 0 Å². The van der Waals surface area contributed by atoms with E-state index in [0.29, 0.717) is 5.69 Å². The number of carboxylic acid groups (broad SMARTS) is 1. The number of carboxylic acids is 1. The Morgan fingerprint density at radius 3 is 2.72 bits per heavy atom. The lowest BCUT2D eigenvalue weighted by molar-refractivity contribution is -0.145. The smallest absolute Gasteiger partial charge is 0.344 e. The molecule has 1 atom stereocenters. The Balaban J connectivity index is 2.48. The Bertz CT molecular complexity index is 569. The fraction of sp³-hybridized carbons (Fsp3) is 0.364. The molecular formula is C11H13NO5S. The third-order valence-electron chi connectivity index (χ3n) is 2.67. The van der Waals surface area contributed by atoms with Gasteiger partial charge in [-0.3, -0.25) is 4.31 Å². The van der Waals surface area contributed by atoms with Crippen LogP contribution in [0.5, 0.6) is 5.75 Å². The van der Waals surface area contributed by atoms with Crippen LogP contribution in [0.15, 0.2) is 24.3 Å². The average Bonchev–Trinajstić information content (AvgIpc) is 2.47. The van der Waals surface area contributed by atoms with E-state index in [4.69, 9.17) is 9.84 Å².